The predicted octanol–water partition coefficient (Wildman–Crippen LogP) is 2.24. The first-order chi connectivity index (χ1) is 9.75. The van der Waals surface area contributed by atoms with Gasteiger partial charge >= 0.3 is 0 Å². The van der Waals surface area contributed by atoms with E-state index in [9.17, 15) is 4.79 Å². The molecule has 104 valence electrons. The maximum absolute atomic E-state index is 12.7. The molecule has 1 N–H and O–H groups in total. The molecule has 1 unspecified atom stereocenters. The number of hydrogen-bond donors (Lipinski definition) is 1. The zero-order chi connectivity index (χ0) is 13.9. The zero-order valence-corrected chi connectivity index (χ0v) is 12.2. The van der Waals surface area contributed by atoms with Gasteiger partial charge in [-0.05, 0) is 30.7 Å². The van der Waals surface area contributed by atoms with Crippen LogP contribution in [0.2, 0.25) is 0 Å². The summed E-state index contributed by atoms with van der Waals surface area (Å²) in [6.45, 7) is 4.38. The molecule has 20 heavy (non-hydrogen) atoms. The number of amides is 1. The van der Waals surface area contributed by atoms with E-state index < -0.39 is 0 Å². The minimum atomic E-state index is 0.0624. The van der Waals surface area contributed by atoms with Crippen LogP contribution in [0.5, 0.6) is 0 Å². The third-order valence-corrected chi connectivity index (χ3v) is 4.51. The van der Waals surface area contributed by atoms with Gasteiger partial charge in [0.2, 0.25) is 0 Å². The van der Waals surface area contributed by atoms with E-state index in [-0.39, 0.29) is 11.9 Å². The second kappa shape index (κ2) is 5.73. The van der Waals surface area contributed by atoms with Crippen molar-refractivity contribution in [2.24, 2.45) is 0 Å². The Kier molecular flexibility index (Phi) is 3.80. The lowest BCUT2D eigenvalue weighted by atomic mass is 10.1. The molecule has 1 fully saturated rings. The number of nitrogens with one attached hydrogen (secondary N) is 1. The van der Waals surface area contributed by atoms with E-state index in [1.54, 1.807) is 17.5 Å². The molecule has 0 aromatic carbocycles. The van der Waals surface area contributed by atoms with E-state index in [4.69, 9.17) is 0 Å². The second-order valence-electron chi connectivity index (χ2n) is 4.92. The molecule has 5 heteroatoms. The van der Waals surface area contributed by atoms with Crippen LogP contribution < -0.4 is 5.32 Å². The second-order valence-corrected chi connectivity index (χ2v) is 6.20. The van der Waals surface area contributed by atoms with Crippen molar-refractivity contribution in [3.05, 3.63) is 52.0 Å². The Balaban J connectivity index is 1.87. The number of aryl methyl sites for hydroxylation is 1. The third kappa shape index (κ3) is 2.59. The number of aromatic nitrogens is 1. The molecule has 0 bridgehead atoms. The van der Waals surface area contributed by atoms with Crippen LogP contribution in [0.25, 0.3) is 0 Å². The highest BCUT2D eigenvalue weighted by Crippen LogP contribution is 2.26. The number of hydrogen-bond acceptors (Lipinski definition) is 4. The number of nitrogens with zero attached hydrogens (tertiary/aromatic N) is 2. The number of piperazine rings is 1. The minimum Gasteiger partial charge on any atom is -0.328 e. The van der Waals surface area contributed by atoms with Gasteiger partial charge in [0, 0.05) is 36.9 Å². The van der Waals surface area contributed by atoms with Crippen LogP contribution >= 0.6 is 11.3 Å². The highest BCUT2D eigenvalue weighted by Gasteiger charge is 2.29. The van der Waals surface area contributed by atoms with E-state index in [0.29, 0.717) is 0 Å². The molecule has 3 heterocycles. The maximum Gasteiger partial charge on any atom is 0.264 e. The summed E-state index contributed by atoms with van der Waals surface area (Å²) in [7, 11) is 0. The summed E-state index contributed by atoms with van der Waals surface area (Å²) in [5, 5.41) is 3.36. The maximum atomic E-state index is 12.7. The molecule has 1 amide bonds. The molecule has 0 saturated carbocycles. The number of pyridine rings is 1. The van der Waals surface area contributed by atoms with Gasteiger partial charge in [-0.3, -0.25) is 9.78 Å². The van der Waals surface area contributed by atoms with Gasteiger partial charge in [0.25, 0.3) is 5.91 Å². The Bertz CT molecular complexity index is 596. The van der Waals surface area contributed by atoms with Gasteiger partial charge in [0.05, 0.1) is 10.9 Å². The lowest BCUT2D eigenvalue weighted by Gasteiger charge is -2.36. The van der Waals surface area contributed by atoms with Crippen molar-refractivity contribution >= 4 is 17.2 Å². The van der Waals surface area contributed by atoms with Crippen LogP contribution in [-0.4, -0.2) is 35.4 Å². The average molecular weight is 287 g/mol. The predicted molar refractivity (Wildman–Crippen MR) is 79.9 cm³/mol. The van der Waals surface area contributed by atoms with Gasteiger partial charge in [0.1, 0.15) is 0 Å². The van der Waals surface area contributed by atoms with Gasteiger partial charge in [-0.25, -0.2) is 0 Å². The van der Waals surface area contributed by atoms with Crippen molar-refractivity contribution in [1.29, 1.82) is 0 Å². The minimum absolute atomic E-state index is 0.0624. The van der Waals surface area contributed by atoms with Gasteiger partial charge in [0.15, 0.2) is 0 Å². The molecule has 1 atom stereocenters. The standard InChI is InChI=1S/C15H17N3OS/c1-11-4-5-14(20-11)15(19)18-8-7-17-10-13(18)12-3-2-6-16-9-12/h2-6,9,13,17H,7-8,10H2,1H3. The molecular weight excluding hydrogens is 270 g/mol. The molecule has 2 aromatic rings. The summed E-state index contributed by atoms with van der Waals surface area (Å²) >= 11 is 1.56. The fourth-order valence-corrected chi connectivity index (χ4v) is 3.33. The summed E-state index contributed by atoms with van der Waals surface area (Å²) in [5.41, 5.74) is 1.08. The molecule has 0 spiro atoms. The van der Waals surface area contributed by atoms with Crippen molar-refractivity contribution in [3.8, 4) is 0 Å². The molecule has 3 rings (SSSR count). The molecule has 1 aliphatic rings. The molecule has 2 aromatic heterocycles. The summed E-state index contributed by atoms with van der Waals surface area (Å²) in [6, 6.07) is 7.93. The van der Waals surface area contributed by atoms with E-state index in [2.05, 4.69) is 10.3 Å². The first-order valence-electron chi connectivity index (χ1n) is 6.74. The molecular formula is C15H17N3OS. The monoisotopic (exact) mass is 287 g/mol. The van der Waals surface area contributed by atoms with Crippen molar-refractivity contribution in [2.45, 2.75) is 13.0 Å². The van der Waals surface area contributed by atoms with Crippen molar-refractivity contribution in [3.63, 3.8) is 0 Å². The highest BCUT2D eigenvalue weighted by molar-refractivity contribution is 7.13. The first-order valence-corrected chi connectivity index (χ1v) is 7.55. The van der Waals surface area contributed by atoms with E-state index in [1.807, 2.05) is 42.3 Å². The quantitative estimate of drug-likeness (QED) is 0.921. The van der Waals surface area contributed by atoms with Crippen molar-refractivity contribution < 1.29 is 4.79 Å². The summed E-state index contributed by atoms with van der Waals surface area (Å²) < 4.78 is 0. The number of carbonyl (C=O) groups excluding carboxylic acids is 1. The fraction of sp³-hybridized carbons (Fsp3) is 0.333. The van der Waals surface area contributed by atoms with Crippen LogP contribution in [-0.2, 0) is 0 Å². The topological polar surface area (TPSA) is 45.2 Å². The summed E-state index contributed by atoms with van der Waals surface area (Å²) in [4.78, 5) is 20.8. The Labute approximate surface area is 122 Å². The zero-order valence-electron chi connectivity index (χ0n) is 11.4. The van der Waals surface area contributed by atoms with Gasteiger partial charge in [-0.1, -0.05) is 6.07 Å². The van der Waals surface area contributed by atoms with Crippen LogP contribution in [0, 0.1) is 6.92 Å². The van der Waals surface area contributed by atoms with Crippen molar-refractivity contribution in [2.75, 3.05) is 19.6 Å². The normalized spacial score (nSPS) is 19.1. The Morgan fingerprint density at radius 3 is 3.05 bits per heavy atom. The summed E-state index contributed by atoms with van der Waals surface area (Å²) in [5.74, 6) is 0.124. The smallest absolute Gasteiger partial charge is 0.264 e. The van der Waals surface area contributed by atoms with Gasteiger partial charge < -0.3 is 10.2 Å². The van der Waals surface area contributed by atoms with E-state index in [1.165, 1.54) is 4.88 Å². The van der Waals surface area contributed by atoms with Crippen LogP contribution in [0.1, 0.15) is 26.2 Å². The Morgan fingerprint density at radius 2 is 2.35 bits per heavy atom. The SMILES string of the molecule is Cc1ccc(C(=O)N2CCNCC2c2cccnc2)s1. The Hall–Kier alpha value is -1.72. The number of rotatable bonds is 2. The van der Waals surface area contributed by atoms with Crippen LogP contribution in [0.4, 0.5) is 0 Å². The molecule has 1 saturated heterocycles. The molecule has 0 aliphatic carbocycles. The van der Waals surface area contributed by atoms with E-state index >= 15 is 0 Å². The van der Waals surface area contributed by atoms with Gasteiger partial charge in [-0.15, -0.1) is 11.3 Å². The molecule has 0 radical (unpaired) electrons. The molecule has 1 aliphatic heterocycles. The number of thiophene rings is 1. The highest BCUT2D eigenvalue weighted by atomic mass is 32.1. The average Bonchev–Trinajstić information content (AvgIpc) is 2.94. The van der Waals surface area contributed by atoms with Gasteiger partial charge in [-0.2, -0.15) is 0 Å². The summed E-state index contributed by atoms with van der Waals surface area (Å²) in [6.07, 6.45) is 3.60. The fourth-order valence-electron chi connectivity index (χ4n) is 2.51. The lowest BCUT2D eigenvalue weighted by molar-refractivity contribution is 0.0639. The largest absolute Gasteiger partial charge is 0.328 e. The first kappa shape index (κ1) is 13.3. The molecule has 4 nitrogen and oxygen atoms in total. The number of carbonyl (C=O) groups is 1. The Morgan fingerprint density at radius 1 is 1.45 bits per heavy atom. The van der Waals surface area contributed by atoms with Crippen LogP contribution in [0.3, 0.4) is 0 Å². The van der Waals surface area contributed by atoms with Crippen molar-refractivity contribution in [1.82, 2.24) is 15.2 Å². The van der Waals surface area contributed by atoms with Crippen LogP contribution in [0.15, 0.2) is 36.7 Å². The van der Waals surface area contributed by atoms with E-state index in [0.717, 1.165) is 30.1 Å². The lowest BCUT2D eigenvalue weighted by Crippen LogP contribution is -2.48. The third-order valence-electron chi connectivity index (χ3n) is 3.52.